The summed E-state index contributed by atoms with van der Waals surface area (Å²) < 4.78 is 25.7. The van der Waals surface area contributed by atoms with Gasteiger partial charge in [0.05, 0.1) is 23.3 Å². The molecular formula is C28H33ClFN5O5. The highest BCUT2D eigenvalue weighted by Crippen LogP contribution is 2.35. The van der Waals surface area contributed by atoms with Crippen molar-refractivity contribution < 1.29 is 28.6 Å². The fraction of sp³-hybridized carbons (Fsp3) is 0.429. The number of amides is 1. The highest BCUT2D eigenvalue weighted by molar-refractivity contribution is 6.31. The Morgan fingerprint density at radius 3 is 2.55 bits per heavy atom. The molecule has 0 saturated carbocycles. The van der Waals surface area contributed by atoms with Crippen LogP contribution in [0.5, 0.6) is 5.75 Å². The predicted octanol–water partition coefficient (Wildman–Crippen LogP) is 5.46. The first-order valence-corrected chi connectivity index (χ1v) is 13.2. The molecule has 1 aliphatic heterocycles. The lowest BCUT2D eigenvalue weighted by atomic mass is 9.85. The molecule has 2 N–H and O–H groups in total. The number of fused-ring (bicyclic) bond motifs is 1. The van der Waals surface area contributed by atoms with Crippen LogP contribution in [0, 0.1) is 5.82 Å². The molecule has 3 aromatic rings. The smallest absolute Gasteiger partial charge is 0.410 e. The summed E-state index contributed by atoms with van der Waals surface area (Å²) in [5.41, 5.74) is -0.448. The summed E-state index contributed by atoms with van der Waals surface area (Å²) >= 11 is 5.94. The molecule has 12 heteroatoms. The van der Waals surface area contributed by atoms with Crippen molar-refractivity contribution in [3.05, 3.63) is 53.1 Å². The second-order valence-electron chi connectivity index (χ2n) is 10.8. The Kier molecular flexibility index (Phi) is 8.36. The Hall–Kier alpha value is -3.70. The number of methoxy groups -OCH3 is 1. The molecular weight excluding hydrogens is 541 g/mol. The van der Waals surface area contributed by atoms with Crippen LogP contribution in [0.15, 0.2) is 36.7 Å². The SMILES string of the molecule is COc1cc2ncnc(Nc3cccc(Cl)c3F)c2cc1CN(C)C1(C(=O)O)CCN(C(=O)OC(C)(C)C)CC1. The van der Waals surface area contributed by atoms with Crippen LogP contribution in [0.25, 0.3) is 10.9 Å². The van der Waals surface area contributed by atoms with Crippen LogP contribution < -0.4 is 10.1 Å². The van der Waals surface area contributed by atoms with Crippen molar-refractivity contribution in [2.45, 2.75) is 51.3 Å². The van der Waals surface area contributed by atoms with Crippen molar-refractivity contribution in [3.63, 3.8) is 0 Å². The predicted molar refractivity (Wildman–Crippen MR) is 150 cm³/mol. The minimum absolute atomic E-state index is 0.0240. The van der Waals surface area contributed by atoms with Crippen LogP contribution in [-0.4, -0.2) is 75.3 Å². The number of hydrogen-bond donors (Lipinski definition) is 2. The van der Waals surface area contributed by atoms with Crippen LogP contribution in [0.2, 0.25) is 5.02 Å². The van der Waals surface area contributed by atoms with Gasteiger partial charge in [-0.1, -0.05) is 17.7 Å². The van der Waals surface area contributed by atoms with Gasteiger partial charge in [0, 0.05) is 36.7 Å². The van der Waals surface area contributed by atoms with Crippen molar-refractivity contribution in [1.29, 1.82) is 0 Å². The Balaban J connectivity index is 1.62. The number of hydrogen-bond acceptors (Lipinski definition) is 8. The number of carbonyl (C=O) groups excluding carboxylic acids is 1. The molecule has 0 aliphatic carbocycles. The number of likely N-dealkylation sites (tertiary alicyclic amines) is 1. The summed E-state index contributed by atoms with van der Waals surface area (Å²) in [6.07, 6.45) is 1.34. The van der Waals surface area contributed by atoms with E-state index in [1.807, 2.05) is 0 Å². The summed E-state index contributed by atoms with van der Waals surface area (Å²) in [6, 6.07) is 8.17. The lowest BCUT2D eigenvalue weighted by Gasteiger charge is -2.44. The highest BCUT2D eigenvalue weighted by atomic mass is 35.5. The van der Waals surface area contributed by atoms with Crippen LogP contribution in [0.4, 0.5) is 20.7 Å². The number of halogens is 2. The van der Waals surface area contributed by atoms with Crippen molar-refractivity contribution >= 4 is 46.1 Å². The molecule has 0 spiro atoms. The molecule has 10 nitrogen and oxygen atoms in total. The molecule has 1 aromatic heterocycles. The number of likely N-dealkylation sites (N-methyl/N-ethyl adjacent to an activating group) is 1. The van der Waals surface area contributed by atoms with E-state index < -0.39 is 29.0 Å². The molecule has 40 heavy (non-hydrogen) atoms. The molecule has 0 bridgehead atoms. The summed E-state index contributed by atoms with van der Waals surface area (Å²) in [7, 11) is 3.27. The number of rotatable bonds is 7. The van der Waals surface area contributed by atoms with E-state index in [1.165, 1.54) is 19.5 Å². The van der Waals surface area contributed by atoms with Crippen molar-refractivity contribution in [1.82, 2.24) is 19.8 Å². The van der Waals surface area contributed by atoms with Gasteiger partial charge in [-0.15, -0.1) is 0 Å². The minimum atomic E-state index is -1.21. The van der Waals surface area contributed by atoms with Crippen LogP contribution in [-0.2, 0) is 16.1 Å². The quantitative estimate of drug-likeness (QED) is 0.380. The maximum absolute atomic E-state index is 14.6. The van der Waals surface area contributed by atoms with Gasteiger partial charge in [-0.2, -0.15) is 0 Å². The van der Waals surface area contributed by atoms with Crippen molar-refractivity contribution in [2.75, 3.05) is 32.6 Å². The molecule has 1 aliphatic rings. The maximum Gasteiger partial charge on any atom is 0.410 e. The number of nitrogens with one attached hydrogen (secondary N) is 1. The summed E-state index contributed by atoms with van der Waals surface area (Å²) in [5.74, 6) is -0.702. The van der Waals surface area contributed by atoms with E-state index in [0.29, 0.717) is 28.0 Å². The monoisotopic (exact) mass is 573 g/mol. The lowest BCUT2D eigenvalue weighted by Crippen LogP contribution is -2.59. The van der Waals surface area contributed by atoms with Crippen LogP contribution in [0.1, 0.15) is 39.2 Å². The molecule has 2 aromatic carbocycles. The number of aliphatic carboxylic acids is 1. The van der Waals surface area contributed by atoms with E-state index >= 15 is 0 Å². The highest BCUT2D eigenvalue weighted by Gasteiger charge is 2.46. The second-order valence-corrected chi connectivity index (χ2v) is 11.2. The second kappa shape index (κ2) is 11.4. The third-order valence-corrected chi connectivity index (χ3v) is 7.31. The molecule has 1 amide bonds. The number of carboxylic acids is 1. The molecule has 0 unspecified atom stereocenters. The zero-order valence-corrected chi connectivity index (χ0v) is 23.9. The normalized spacial score (nSPS) is 15.2. The third kappa shape index (κ3) is 6.05. The molecule has 1 fully saturated rings. The zero-order chi connectivity index (χ0) is 29.2. The molecule has 0 radical (unpaired) electrons. The van der Waals surface area contributed by atoms with Gasteiger partial charge in [-0.05, 0) is 58.9 Å². The average Bonchev–Trinajstić information content (AvgIpc) is 2.90. The molecule has 1 saturated heterocycles. The lowest BCUT2D eigenvalue weighted by molar-refractivity contribution is -0.154. The first kappa shape index (κ1) is 29.3. The Morgan fingerprint density at radius 1 is 1.23 bits per heavy atom. The molecule has 0 atom stereocenters. The Morgan fingerprint density at radius 2 is 1.93 bits per heavy atom. The van der Waals surface area contributed by atoms with E-state index in [-0.39, 0.29) is 43.2 Å². The van der Waals surface area contributed by atoms with E-state index in [2.05, 4.69) is 15.3 Å². The van der Waals surface area contributed by atoms with Gasteiger partial charge >= 0.3 is 12.1 Å². The van der Waals surface area contributed by atoms with Gasteiger partial charge < -0.3 is 24.8 Å². The number of anilines is 2. The largest absolute Gasteiger partial charge is 0.496 e. The summed E-state index contributed by atoms with van der Waals surface area (Å²) in [5, 5.41) is 13.9. The summed E-state index contributed by atoms with van der Waals surface area (Å²) in [4.78, 5) is 37.1. The van der Waals surface area contributed by atoms with Crippen molar-refractivity contribution in [2.24, 2.45) is 0 Å². The van der Waals surface area contributed by atoms with Gasteiger partial charge in [-0.25, -0.2) is 19.2 Å². The fourth-order valence-electron chi connectivity index (χ4n) is 4.82. The van der Waals surface area contributed by atoms with E-state index in [1.54, 1.807) is 61.9 Å². The van der Waals surface area contributed by atoms with Gasteiger partial charge in [0.2, 0.25) is 0 Å². The number of piperidine rings is 1. The van der Waals surface area contributed by atoms with Crippen molar-refractivity contribution in [3.8, 4) is 5.75 Å². The standard InChI is InChI=1S/C28H33ClFN5O5/c1-27(2,3)40-26(38)35-11-9-28(10-12-35,25(36)37)34(4)15-17-13-18-21(14-22(17)39-5)31-16-32-24(18)33-20-8-6-7-19(29)23(20)30/h6-8,13-14,16H,9-12,15H2,1-5H3,(H,36,37)(H,31,32,33). The minimum Gasteiger partial charge on any atom is -0.496 e. The van der Waals surface area contributed by atoms with Gasteiger partial charge in [0.15, 0.2) is 5.82 Å². The Labute approximate surface area is 237 Å². The summed E-state index contributed by atoms with van der Waals surface area (Å²) in [6.45, 7) is 6.08. The topological polar surface area (TPSA) is 117 Å². The maximum atomic E-state index is 14.6. The average molecular weight is 574 g/mol. The van der Waals surface area contributed by atoms with Gasteiger partial charge in [-0.3, -0.25) is 9.69 Å². The molecule has 4 rings (SSSR count). The fourth-order valence-corrected chi connectivity index (χ4v) is 5.00. The zero-order valence-electron chi connectivity index (χ0n) is 23.1. The number of ether oxygens (including phenoxy) is 2. The number of carbonyl (C=O) groups is 2. The van der Waals surface area contributed by atoms with E-state index in [9.17, 15) is 19.1 Å². The van der Waals surface area contributed by atoms with Crippen LogP contribution in [0.3, 0.4) is 0 Å². The number of nitrogens with zero attached hydrogens (tertiary/aromatic N) is 4. The van der Waals surface area contributed by atoms with E-state index in [4.69, 9.17) is 21.1 Å². The molecule has 214 valence electrons. The third-order valence-electron chi connectivity index (χ3n) is 7.02. The first-order valence-electron chi connectivity index (χ1n) is 12.8. The van der Waals surface area contributed by atoms with Gasteiger partial charge in [0.25, 0.3) is 0 Å². The van der Waals surface area contributed by atoms with E-state index in [0.717, 1.165) is 0 Å². The Bertz CT molecular complexity index is 1420. The molecule has 2 heterocycles. The van der Waals surface area contributed by atoms with Crippen LogP contribution >= 0.6 is 11.6 Å². The first-order chi connectivity index (χ1) is 18.8. The number of aromatic nitrogens is 2. The van der Waals surface area contributed by atoms with Gasteiger partial charge in [0.1, 0.15) is 29.0 Å². The number of benzene rings is 2. The number of carboxylic acid groups (broad SMARTS) is 1.